The monoisotopic (exact) mass is 290 g/mol. The lowest BCUT2D eigenvalue weighted by Gasteiger charge is -2.15. The summed E-state index contributed by atoms with van der Waals surface area (Å²) in [5, 5.41) is 10.9. The summed E-state index contributed by atoms with van der Waals surface area (Å²) in [5.41, 5.74) is 2.05. The van der Waals surface area contributed by atoms with Crippen LogP contribution in [-0.4, -0.2) is 12.2 Å². The first kappa shape index (κ1) is 14.9. The van der Waals surface area contributed by atoms with Gasteiger partial charge in [0.2, 0.25) is 0 Å². The van der Waals surface area contributed by atoms with E-state index in [-0.39, 0.29) is 0 Å². The van der Waals surface area contributed by atoms with Gasteiger partial charge in [0.15, 0.2) is 0 Å². The van der Waals surface area contributed by atoms with Crippen molar-refractivity contribution in [3.8, 4) is 5.75 Å². The largest absolute Gasteiger partial charge is 0.496 e. The lowest BCUT2D eigenvalue weighted by Crippen LogP contribution is -2.01. The highest BCUT2D eigenvalue weighted by Crippen LogP contribution is 2.30. The molecule has 0 heterocycles. The molecule has 2 nitrogen and oxygen atoms in total. The molecule has 2 rings (SSSR count). The maximum atomic E-state index is 10.3. The summed E-state index contributed by atoms with van der Waals surface area (Å²) in [6.45, 7) is 0. The fourth-order valence-corrected chi connectivity index (χ4v) is 2.45. The molecule has 1 N–H and O–H groups in total. The molecule has 0 radical (unpaired) electrons. The van der Waals surface area contributed by atoms with E-state index in [0.29, 0.717) is 17.2 Å². The van der Waals surface area contributed by atoms with Gasteiger partial charge in [-0.1, -0.05) is 41.9 Å². The van der Waals surface area contributed by atoms with Crippen molar-refractivity contribution in [1.29, 1.82) is 0 Å². The molecule has 0 fully saturated rings. The molecule has 0 aromatic heterocycles. The molecule has 0 aliphatic rings. The van der Waals surface area contributed by atoms with Gasteiger partial charge in [-0.05, 0) is 43.0 Å². The van der Waals surface area contributed by atoms with E-state index in [0.717, 1.165) is 18.4 Å². The molecule has 3 heteroatoms. The molecular weight excluding hydrogens is 272 g/mol. The number of ether oxygens (including phenoxy) is 1. The summed E-state index contributed by atoms with van der Waals surface area (Å²) in [7, 11) is 1.60. The Morgan fingerprint density at radius 2 is 1.90 bits per heavy atom. The standard InChI is InChI=1S/C17H19ClO2/c1-20-17-11-10-14(18)12-15(17)16(19)9-5-8-13-6-3-2-4-7-13/h2-4,6-7,10-12,16,19H,5,8-9H2,1H3. The minimum absolute atomic E-state index is 0.549. The van der Waals surface area contributed by atoms with Crippen LogP contribution in [0.15, 0.2) is 48.5 Å². The third-order valence-electron chi connectivity index (χ3n) is 3.34. The van der Waals surface area contributed by atoms with Gasteiger partial charge in [-0.2, -0.15) is 0 Å². The van der Waals surface area contributed by atoms with Gasteiger partial charge in [0.1, 0.15) is 5.75 Å². The topological polar surface area (TPSA) is 29.5 Å². The highest BCUT2D eigenvalue weighted by atomic mass is 35.5. The predicted molar refractivity (Wildman–Crippen MR) is 82.3 cm³/mol. The predicted octanol–water partition coefficient (Wildman–Crippen LogP) is 4.40. The maximum Gasteiger partial charge on any atom is 0.124 e. The molecule has 2 aromatic rings. The Hall–Kier alpha value is -1.51. The van der Waals surface area contributed by atoms with E-state index < -0.39 is 6.10 Å². The zero-order chi connectivity index (χ0) is 14.4. The molecule has 1 unspecified atom stereocenters. The molecule has 0 spiro atoms. The number of rotatable bonds is 6. The van der Waals surface area contributed by atoms with Crippen LogP contribution >= 0.6 is 11.6 Å². The van der Waals surface area contributed by atoms with Crippen molar-refractivity contribution >= 4 is 11.6 Å². The Kier molecular flexibility index (Phi) is 5.45. The van der Waals surface area contributed by atoms with Crippen molar-refractivity contribution in [2.45, 2.75) is 25.4 Å². The Morgan fingerprint density at radius 3 is 2.60 bits per heavy atom. The normalized spacial score (nSPS) is 12.2. The van der Waals surface area contributed by atoms with E-state index in [4.69, 9.17) is 16.3 Å². The van der Waals surface area contributed by atoms with E-state index in [9.17, 15) is 5.11 Å². The molecular formula is C17H19ClO2. The Morgan fingerprint density at radius 1 is 1.15 bits per heavy atom. The average Bonchev–Trinajstić information content (AvgIpc) is 2.48. The van der Waals surface area contributed by atoms with Crippen LogP contribution in [-0.2, 0) is 6.42 Å². The Labute approximate surface area is 125 Å². The quantitative estimate of drug-likeness (QED) is 0.854. The van der Waals surface area contributed by atoms with Crippen molar-refractivity contribution < 1.29 is 9.84 Å². The number of aliphatic hydroxyl groups is 1. The highest BCUT2D eigenvalue weighted by molar-refractivity contribution is 6.30. The second-order valence-electron chi connectivity index (χ2n) is 4.78. The minimum Gasteiger partial charge on any atom is -0.496 e. The molecule has 0 bridgehead atoms. The summed E-state index contributed by atoms with van der Waals surface area (Å²) in [6.07, 6.45) is 2.01. The van der Waals surface area contributed by atoms with E-state index in [1.54, 1.807) is 25.3 Å². The van der Waals surface area contributed by atoms with E-state index in [1.807, 2.05) is 18.2 Å². The van der Waals surface area contributed by atoms with Crippen molar-refractivity contribution in [1.82, 2.24) is 0 Å². The van der Waals surface area contributed by atoms with Gasteiger partial charge in [-0.3, -0.25) is 0 Å². The van der Waals surface area contributed by atoms with Crippen LogP contribution in [0.4, 0.5) is 0 Å². The SMILES string of the molecule is COc1ccc(Cl)cc1C(O)CCCc1ccccc1. The number of aryl methyl sites for hydroxylation is 1. The molecule has 2 aromatic carbocycles. The number of benzene rings is 2. The lowest BCUT2D eigenvalue weighted by atomic mass is 10.0. The summed E-state index contributed by atoms with van der Waals surface area (Å²) in [5.74, 6) is 0.682. The van der Waals surface area contributed by atoms with Crippen LogP contribution in [0, 0.1) is 0 Å². The van der Waals surface area contributed by atoms with Crippen LogP contribution in [0.25, 0.3) is 0 Å². The number of hydrogen-bond donors (Lipinski definition) is 1. The second kappa shape index (κ2) is 7.32. The van der Waals surface area contributed by atoms with Crippen LogP contribution in [0.3, 0.4) is 0 Å². The summed E-state index contributed by atoms with van der Waals surface area (Å²) in [4.78, 5) is 0. The first-order chi connectivity index (χ1) is 9.70. The number of aliphatic hydroxyl groups excluding tert-OH is 1. The number of methoxy groups -OCH3 is 1. The molecule has 106 valence electrons. The van der Waals surface area contributed by atoms with Gasteiger partial charge in [0, 0.05) is 10.6 Å². The third kappa shape index (κ3) is 3.99. The van der Waals surface area contributed by atoms with Crippen molar-refractivity contribution in [2.75, 3.05) is 7.11 Å². The van der Waals surface area contributed by atoms with Crippen LogP contribution in [0.1, 0.15) is 30.1 Å². The molecule has 0 saturated heterocycles. The molecule has 1 atom stereocenters. The molecule has 20 heavy (non-hydrogen) atoms. The first-order valence-corrected chi connectivity index (χ1v) is 7.14. The fourth-order valence-electron chi connectivity index (χ4n) is 2.27. The van der Waals surface area contributed by atoms with Gasteiger partial charge in [0.05, 0.1) is 13.2 Å². The van der Waals surface area contributed by atoms with Gasteiger partial charge in [-0.15, -0.1) is 0 Å². The van der Waals surface area contributed by atoms with Crippen LogP contribution in [0.2, 0.25) is 5.02 Å². The van der Waals surface area contributed by atoms with Crippen molar-refractivity contribution in [3.63, 3.8) is 0 Å². The van der Waals surface area contributed by atoms with E-state index in [2.05, 4.69) is 12.1 Å². The number of halogens is 1. The van der Waals surface area contributed by atoms with Crippen LogP contribution < -0.4 is 4.74 Å². The van der Waals surface area contributed by atoms with Crippen LogP contribution in [0.5, 0.6) is 5.75 Å². The van der Waals surface area contributed by atoms with Gasteiger partial charge >= 0.3 is 0 Å². The Balaban J connectivity index is 1.95. The Bertz CT molecular complexity index is 540. The third-order valence-corrected chi connectivity index (χ3v) is 3.57. The van der Waals surface area contributed by atoms with Crippen molar-refractivity contribution in [3.05, 3.63) is 64.7 Å². The fraction of sp³-hybridized carbons (Fsp3) is 0.294. The summed E-state index contributed by atoms with van der Waals surface area (Å²) in [6, 6.07) is 15.6. The summed E-state index contributed by atoms with van der Waals surface area (Å²) >= 11 is 5.98. The van der Waals surface area contributed by atoms with Gasteiger partial charge in [0.25, 0.3) is 0 Å². The highest BCUT2D eigenvalue weighted by Gasteiger charge is 2.13. The van der Waals surface area contributed by atoms with Crippen molar-refractivity contribution in [2.24, 2.45) is 0 Å². The maximum absolute atomic E-state index is 10.3. The lowest BCUT2D eigenvalue weighted by molar-refractivity contribution is 0.160. The smallest absolute Gasteiger partial charge is 0.124 e. The molecule has 0 saturated carbocycles. The molecule has 0 aliphatic carbocycles. The minimum atomic E-state index is -0.549. The van der Waals surface area contributed by atoms with Gasteiger partial charge < -0.3 is 9.84 Å². The van der Waals surface area contributed by atoms with Gasteiger partial charge in [-0.25, -0.2) is 0 Å². The first-order valence-electron chi connectivity index (χ1n) is 6.76. The zero-order valence-corrected chi connectivity index (χ0v) is 12.3. The summed E-state index contributed by atoms with van der Waals surface area (Å²) < 4.78 is 5.27. The van der Waals surface area contributed by atoms with E-state index >= 15 is 0 Å². The average molecular weight is 291 g/mol. The molecule has 0 aliphatic heterocycles. The number of hydrogen-bond acceptors (Lipinski definition) is 2. The van der Waals surface area contributed by atoms with E-state index in [1.165, 1.54) is 5.56 Å². The molecule has 0 amide bonds. The second-order valence-corrected chi connectivity index (χ2v) is 5.22. The zero-order valence-electron chi connectivity index (χ0n) is 11.6.